The number of phosphoric ester groups is 2. The highest BCUT2D eigenvalue weighted by molar-refractivity contribution is 7.47. The third kappa shape index (κ3) is 69.8. The van der Waals surface area contributed by atoms with Crippen LogP contribution in [0.2, 0.25) is 0 Å². The maximum atomic E-state index is 13.1. The molecule has 0 radical (unpaired) electrons. The van der Waals surface area contributed by atoms with E-state index in [1.165, 1.54) is 199 Å². The molecule has 0 fully saturated rings. The first kappa shape index (κ1) is 96.1. The van der Waals surface area contributed by atoms with Crippen molar-refractivity contribution in [1.29, 1.82) is 0 Å². The highest BCUT2D eigenvalue weighted by Gasteiger charge is 2.30. The monoisotopic (exact) mass is 1440 g/mol. The minimum atomic E-state index is -4.96. The van der Waals surface area contributed by atoms with E-state index in [0.717, 1.165) is 120 Å². The Labute approximate surface area is 600 Å². The molecule has 0 saturated carbocycles. The van der Waals surface area contributed by atoms with Gasteiger partial charge in [-0.1, -0.05) is 351 Å². The Morgan fingerprint density at radius 3 is 0.724 bits per heavy atom. The van der Waals surface area contributed by atoms with Crippen molar-refractivity contribution in [3.63, 3.8) is 0 Å². The molecule has 17 nitrogen and oxygen atoms in total. The second-order valence-electron chi connectivity index (χ2n) is 29.9. The van der Waals surface area contributed by atoms with Gasteiger partial charge in [-0.05, 0) is 49.4 Å². The van der Waals surface area contributed by atoms with E-state index in [2.05, 4.69) is 55.4 Å². The fourth-order valence-electron chi connectivity index (χ4n) is 12.0. The third-order valence-electron chi connectivity index (χ3n) is 19.0. The van der Waals surface area contributed by atoms with E-state index < -0.39 is 97.5 Å². The summed E-state index contributed by atoms with van der Waals surface area (Å²) in [5.41, 5.74) is 0. The smallest absolute Gasteiger partial charge is 0.462 e. The van der Waals surface area contributed by atoms with Gasteiger partial charge in [-0.25, -0.2) is 9.13 Å². The number of esters is 4. The largest absolute Gasteiger partial charge is 0.472 e. The van der Waals surface area contributed by atoms with Gasteiger partial charge >= 0.3 is 39.5 Å². The molecule has 582 valence electrons. The van der Waals surface area contributed by atoms with Crippen LogP contribution in [-0.4, -0.2) is 96.7 Å². The van der Waals surface area contributed by atoms with E-state index in [9.17, 15) is 43.2 Å². The molecular formula is C79H154O17P2. The lowest BCUT2D eigenvalue weighted by Crippen LogP contribution is -2.30. The van der Waals surface area contributed by atoms with E-state index in [-0.39, 0.29) is 25.7 Å². The van der Waals surface area contributed by atoms with Gasteiger partial charge in [-0.3, -0.25) is 37.3 Å². The van der Waals surface area contributed by atoms with E-state index in [1.54, 1.807) is 0 Å². The second kappa shape index (κ2) is 68.2. The summed E-state index contributed by atoms with van der Waals surface area (Å²) < 4.78 is 68.6. The molecule has 0 rings (SSSR count). The molecule has 0 spiro atoms. The van der Waals surface area contributed by atoms with Gasteiger partial charge in [-0.2, -0.15) is 0 Å². The van der Waals surface area contributed by atoms with Gasteiger partial charge in [0.05, 0.1) is 26.4 Å². The SMILES string of the molecule is CCC(C)CCCCCCCCCCCCC(=O)OC[C@H](COP(=O)(O)OC[C@@H](O)COP(=O)(O)OC[C@@H](COC(=O)CCCCCCCCC(C)CC)OC(=O)CCCCCCCCCCCCCCC(C)C)OC(=O)CCCCCCCCCCCCCCCCCCC(C)C. The number of aliphatic hydroxyl groups excluding tert-OH is 1. The number of carbonyl (C=O) groups is 4. The molecule has 0 bridgehead atoms. The molecule has 3 N–H and O–H groups in total. The quantitative estimate of drug-likeness (QED) is 0.0222. The van der Waals surface area contributed by atoms with Crippen LogP contribution in [-0.2, 0) is 65.4 Å². The normalized spacial score (nSPS) is 14.6. The van der Waals surface area contributed by atoms with Crippen LogP contribution in [0.4, 0.5) is 0 Å². The van der Waals surface area contributed by atoms with Crippen LogP contribution in [0.15, 0.2) is 0 Å². The Hall–Kier alpha value is -1.94. The molecule has 0 aromatic rings. The van der Waals surface area contributed by atoms with Crippen molar-refractivity contribution in [3.05, 3.63) is 0 Å². The Bertz CT molecular complexity index is 1920. The lowest BCUT2D eigenvalue weighted by molar-refractivity contribution is -0.161. The van der Waals surface area contributed by atoms with Gasteiger partial charge in [0.2, 0.25) is 0 Å². The van der Waals surface area contributed by atoms with Gasteiger partial charge in [0.25, 0.3) is 0 Å². The standard InChI is InChI=1S/C79H154O17P2/c1-9-71(7)57-49-41-33-27-23-24-28-34-43-51-59-76(81)89-65-74(95-78(83)61-53-45-35-29-21-16-14-12-11-13-15-19-25-31-39-47-55-69(3)4)67-93-97(85,86)91-63-73(80)64-92-98(87,88)94-68-75(66-90-77(82)60-52-44-38-37-42-50-58-72(8)10-2)96-79(84)62-54-46-36-30-22-18-17-20-26-32-40-48-56-70(5)6/h69-75,80H,9-68H2,1-8H3,(H,85,86)(H,87,88)/t71?,72?,73-,74-,75-/m1/s1. The van der Waals surface area contributed by atoms with Crippen molar-refractivity contribution in [2.75, 3.05) is 39.6 Å². The van der Waals surface area contributed by atoms with E-state index >= 15 is 0 Å². The summed E-state index contributed by atoms with van der Waals surface area (Å²) in [6.07, 6.45) is 54.0. The zero-order valence-corrected chi connectivity index (χ0v) is 66.2. The molecule has 0 amide bonds. The molecule has 0 aliphatic heterocycles. The number of hydrogen-bond donors (Lipinski definition) is 3. The lowest BCUT2D eigenvalue weighted by atomic mass is 9.99. The Kier molecular flexibility index (Phi) is 66.8. The average Bonchev–Trinajstić information content (AvgIpc) is 0.952. The van der Waals surface area contributed by atoms with Crippen LogP contribution in [0.1, 0.15) is 402 Å². The maximum Gasteiger partial charge on any atom is 0.472 e. The fourth-order valence-corrected chi connectivity index (χ4v) is 13.6. The molecular weight excluding hydrogens is 1280 g/mol. The average molecular weight is 1440 g/mol. The van der Waals surface area contributed by atoms with Crippen LogP contribution < -0.4 is 0 Å². The van der Waals surface area contributed by atoms with Crippen LogP contribution in [0.25, 0.3) is 0 Å². The minimum Gasteiger partial charge on any atom is -0.462 e. The Morgan fingerprint density at radius 1 is 0.286 bits per heavy atom. The summed E-state index contributed by atoms with van der Waals surface area (Å²) in [6.45, 7) is 14.3. The summed E-state index contributed by atoms with van der Waals surface area (Å²) >= 11 is 0. The van der Waals surface area contributed by atoms with Crippen LogP contribution in [0.3, 0.4) is 0 Å². The van der Waals surface area contributed by atoms with Crippen molar-refractivity contribution >= 4 is 39.5 Å². The first-order valence-corrected chi connectivity index (χ1v) is 43.8. The van der Waals surface area contributed by atoms with Gasteiger partial charge in [-0.15, -0.1) is 0 Å². The second-order valence-corrected chi connectivity index (χ2v) is 32.8. The van der Waals surface area contributed by atoms with Crippen LogP contribution in [0, 0.1) is 23.7 Å². The topological polar surface area (TPSA) is 237 Å². The van der Waals surface area contributed by atoms with Gasteiger partial charge in [0.1, 0.15) is 19.3 Å². The molecule has 0 aliphatic carbocycles. The van der Waals surface area contributed by atoms with E-state index in [0.29, 0.717) is 25.7 Å². The highest BCUT2D eigenvalue weighted by Crippen LogP contribution is 2.45. The summed E-state index contributed by atoms with van der Waals surface area (Å²) in [7, 11) is -9.92. The number of phosphoric acid groups is 2. The van der Waals surface area contributed by atoms with Crippen molar-refractivity contribution < 1.29 is 80.2 Å². The first-order chi connectivity index (χ1) is 47.2. The van der Waals surface area contributed by atoms with E-state index in [4.69, 9.17) is 37.0 Å². The number of rotatable bonds is 76. The summed E-state index contributed by atoms with van der Waals surface area (Å²) in [5, 5.41) is 10.6. The molecule has 0 aliphatic rings. The summed E-state index contributed by atoms with van der Waals surface area (Å²) in [6, 6.07) is 0. The Morgan fingerprint density at radius 2 is 0.490 bits per heavy atom. The minimum absolute atomic E-state index is 0.106. The van der Waals surface area contributed by atoms with Crippen molar-refractivity contribution in [3.8, 4) is 0 Å². The number of ether oxygens (including phenoxy) is 4. The van der Waals surface area contributed by atoms with Crippen molar-refractivity contribution in [1.82, 2.24) is 0 Å². The van der Waals surface area contributed by atoms with Crippen LogP contribution in [0.5, 0.6) is 0 Å². The predicted molar refractivity (Wildman–Crippen MR) is 400 cm³/mol. The lowest BCUT2D eigenvalue weighted by Gasteiger charge is -2.21. The number of carbonyl (C=O) groups excluding carboxylic acids is 4. The molecule has 4 unspecified atom stereocenters. The summed E-state index contributed by atoms with van der Waals surface area (Å²) in [5.74, 6) is 1.01. The third-order valence-corrected chi connectivity index (χ3v) is 20.9. The number of hydrogen-bond acceptors (Lipinski definition) is 15. The maximum absolute atomic E-state index is 13.1. The van der Waals surface area contributed by atoms with Gasteiger partial charge in [0, 0.05) is 25.7 Å². The fraction of sp³-hybridized carbons (Fsp3) is 0.949. The Balaban J connectivity index is 5.25. The molecule has 7 atom stereocenters. The molecule has 98 heavy (non-hydrogen) atoms. The molecule has 0 saturated heterocycles. The van der Waals surface area contributed by atoms with E-state index in [1.807, 2.05) is 0 Å². The predicted octanol–water partition coefficient (Wildman–Crippen LogP) is 23.2. The molecule has 0 heterocycles. The van der Waals surface area contributed by atoms with Gasteiger partial charge < -0.3 is 33.8 Å². The number of aliphatic hydroxyl groups is 1. The zero-order chi connectivity index (χ0) is 72.4. The number of unbranched alkanes of at least 4 members (excludes halogenated alkanes) is 40. The summed E-state index contributed by atoms with van der Waals surface area (Å²) in [4.78, 5) is 72.9. The van der Waals surface area contributed by atoms with Crippen molar-refractivity contribution in [2.45, 2.75) is 420 Å². The van der Waals surface area contributed by atoms with Gasteiger partial charge in [0.15, 0.2) is 12.2 Å². The molecule has 19 heteroatoms. The zero-order valence-electron chi connectivity index (χ0n) is 64.4. The first-order valence-electron chi connectivity index (χ1n) is 40.8. The van der Waals surface area contributed by atoms with Crippen LogP contribution >= 0.6 is 15.6 Å². The molecule has 0 aromatic carbocycles. The highest BCUT2D eigenvalue weighted by atomic mass is 31.2. The van der Waals surface area contributed by atoms with Crippen molar-refractivity contribution in [2.24, 2.45) is 23.7 Å². The molecule has 0 aromatic heterocycles.